The van der Waals surface area contributed by atoms with Crippen LogP contribution in [0.3, 0.4) is 0 Å². The summed E-state index contributed by atoms with van der Waals surface area (Å²) in [5, 5.41) is 11.6. The quantitative estimate of drug-likeness (QED) is 0.841. The molecule has 1 heterocycles. The van der Waals surface area contributed by atoms with E-state index in [0.29, 0.717) is 17.2 Å². The number of amides is 1. The van der Waals surface area contributed by atoms with Crippen LogP contribution in [-0.2, 0) is 0 Å². The number of nitrogens with zero attached hydrogens (tertiary/aromatic N) is 2. The Morgan fingerprint density at radius 2 is 2.35 bits per heavy atom. The molecule has 1 aliphatic carbocycles. The van der Waals surface area contributed by atoms with Crippen LogP contribution in [0.15, 0.2) is 18.3 Å². The first-order chi connectivity index (χ1) is 8.19. The van der Waals surface area contributed by atoms with Gasteiger partial charge in [-0.15, -0.1) is 0 Å². The Kier molecular flexibility index (Phi) is 3.38. The van der Waals surface area contributed by atoms with Crippen LogP contribution >= 0.6 is 0 Å². The number of aromatic nitrogens is 1. The first-order valence-corrected chi connectivity index (χ1v) is 5.86. The van der Waals surface area contributed by atoms with E-state index in [1.165, 1.54) is 12.6 Å². The van der Waals surface area contributed by atoms with Gasteiger partial charge in [-0.05, 0) is 37.3 Å². The zero-order chi connectivity index (χ0) is 12.3. The van der Waals surface area contributed by atoms with E-state index in [4.69, 9.17) is 5.26 Å². The molecule has 88 valence electrons. The fourth-order valence-electron chi connectivity index (χ4n) is 2.19. The molecular weight excluding hydrogens is 214 g/mol. The van der Waals surface area contributed by atoms with Gasteiger partial charge in [0.2, 0.25) is 0 Å². The Bertz CT molecular complexity index is 447. The van der Waals surface area contributed by atoms with Crippen molar-refractivity contribution in [3.63, 3.8) is 0 Å². The normalized spacial score (nSPS) is 23.1. The zero-order valence-electron chi connectivity index (χ0n) is 9.81. The maximum Gasteiger partial charge on any atom is 0.270 e. The molecule has 1 aromatic rings. The van der Waals surface area contributed by atoms with Crippen molar-refractivity contribution in [1.82, 2.24) is 10.3 Å². The molecule has 0 aliphatic heterocycles. The molecule has 4 heteroatoms. The van der Waals surface area contributed by atoms with Crippen molar-refractivity contribution >= 4 is 5.91 Å². The van der Waals surface area contributed by atoms with E-state index in [1.54, 1.807) is 12.1 Å². The average molecular weight is 229 g/mol. The third-order valence-corrected chi connectivity index (χ3v) is 3.16. The predicted octanol–water partition coefficient (Wildman–Crippen LogP) is 1.87. The number of carbonyl (C=O) groups excluding carboxylic acids is 1. The molecule has 2 rings (SSSR count). The fraction of sp³-hybridized carbons (Fsp3) is 0.462. The summed E-state index contributed by atoms with van der Waals surface area (Å²) in [5.74, 6) is 0.544. The summed E-state index contributed by atoms with van der Waals surface area (Å²) < 4.78 is 0. The van der Waals surface area contributed by atoms with Crippen molar-refractivity contribution < 1.29 is 4.79 Å². The molecule has 1 aromatic heterocycles. The first kappa shape index (κ1) is 11.6. The van der Waals surface area contributed by atoms with Crippen LogP contribution in [0.4, 0.5) is 0 Å². The van der Waals surface area contributed by atoms with Gasteiger partial charge in [0.1, 0.15) is 11.8 Å². The fourth-order valence-corrected chi connectivity index (χ4v) is 2.19. The SMILES string of the molecule is CC1CCC(NC(=O)c2ccc(C#N)cn2)C1. The Morgan fingerprint density at radius 1 is 1.53 bits per heavy atom. The molecule has 0 saturated heterocycles. The highest BCUT2D eigenvalue weighted by molar-refractivity contribution is 5.92. The van der Waals surface area contributed by atoms with Gasteiger partial charge in [0.15, 0.2) is 0 Å². The number of hydrogen-bond acceptors (Lipinski definition) is 3. The summed E-state index contributed by atoms with van der Waals surface area (Å²) in [7, 11) is 0. The third kappa shape index (κ3) is 2.82. The summed E-state index contributed by atoms with van der Waals surface area (Å²) in [6, 6.07) is 5.45. The van der Waals surface area contributed by atoms with Crippen molar-refractivity contribution in [2.24, 2.45) is 5.92 Å². The lowest BCUT2D eigenvalue weighted by Gasteiger charge is -2.11. The molecule has 2 unspecified atom stereocenters. The summed E-state index contributed by atoms with van der Waals surface area (Å²) >= 11 is 0. The van der Waals surface area contributed by atoms with Crippen molar-refractivity contribution in [3.05, 3.63) is 29.6 Å². The first-order valence-electron chi connectivity index (χ1n) is 5.86. The number of rotatable bonds is 2. The van der Waals surface area contributed by atoms with E-state index >= 15 is 0 Å². The molecule has 0 aromatic carbocycles. The van der Waals surface area contributed by atoms with Crippen molar-refractivity contribution in [3.8, 4) is 6.07 Å². The zero-order valence-corrected chi connectivity index (χ0v) is 9.81. The molecule has 17 heavy (non-hydrogen) atoms. The maximum atomic E-state index is 11.9. The second-order valence-electron chi connectivity index (χ2n) is 4.63. The molecule has 0 radical (unpaired) electrons. The lowest BCUT2D eigenvalue weighted by atomic mass is 10.1. The lowest BCUT2D eigenvalue weighted by molar-refractivity contribution is 0.0932. The van der Waals surface area contributed by atoms with Gasteiger partial charge in [-0.3, -0.25) is 4.79 Å². The number of pyridine rings is 1. The van der Waals surface area contributed by atoms with Gasteiger partial charge in [0, 0.05) is 12.2 Å². The minimum atomic E-state index is -0.145. The molecule has 0 spiro atoms. The average Bonchev–Trinajstić information content (AvgIpc) is 2.75. The summed E-state index contributed by atoms with van der Waals surface area (Å²) in [5.41, 5.74) is 0.847. The van der Waals surface area contributed by atoms with E-state index in [-0.39, 0.29) is 11.9 Å². The summed E-state index contributed by atoms with van der Waals surface area (Å²) in [4.78, 5) is 15.8. The van der Waals surface area contributed by atoms with Crippen LogP contribution in [0.5, 0.6) is 0 Å². The third-order valence-electron chi connectivity index (χ3n) is 3.16. The van der Waals surface area contributed by atoms with Crippen LogP contribution in [0.1, 0.15) is 42.2 Å². The topological polar surface area (TPSA) is 65.8 Å². The van der Waals surface area contributed by atoms with Gasteiger partial charge >= 0.3 is 0 Å². The number of nitrogens with one attached hydrogen (secondary N) is 1. The van der Waals surface area contributed by atoms with E-state index in [0.717, 1.165) is 12.8 Å². The Balaban J connectivity index is 1.97. The molecular formula is C13H15N3O. The van der Waals surface area contributed by atoms with Gasteiger partial charge in [-0.1, -0.05) is 6.92 Å². The van der Waals surface area contributed by atoms with Crippen molar-refractivity contribution in [1.29, 1.82) is 5.26 Å². The Hall–Kier alpha value is -1.89. The second-order valence-corrected chi connectivity index (χ2v) is 4.63. The van der Waals surface area contributed by atoms with E-state index < -0.39 is 0 Å². The summed E-state index contributed by atoms with van der Waals surface area (Å²) in [6.45, 7) is 2.20. The highest BCUT2D eigenvalue weighted by Crippen LogP contribution is 2.24. The van der Waals surface area contributed by atoms with Gasteiger partial charge < -0.3 is 5.32 Å². The minimum absolute atomic E-state index is 0.145. The molecule has 1 saturated carbocycles. The summed E-state index contributed by atoms with van der Waals surface area (Å²) in [6.07, 6.45) is 4.68. The van der Waals surface area contributed by atoms with Crippen molar-refractivity contribution in [2.75, 3.05) is 0 Å². The Labute approximate surface area is 101 Å². The van der Waals surface area contributed by atoms with Crippen LogP contribution < -0.4 is 5.32 Å². The van der Waals surface area contributed by atoms with E-state index in [2.05, 4.69) is 17.2 Å². The molecule has 2 atom stereocenters. The number of nitriles is 1. The minimum Gasteiger partial charge on any atom is -0.348 e. The van der Waals surface area contributed by atoms with Gasteiger partial charge in [-0.2, -0.15) is 5.26 Å². The van der Waals surface area contributed by atoms with Crippen molar-refractivity contribution in [2.45, 2.75) is 32.2 Å². The van der Waals surface area contributed by atoms with Crippen LogP contribution in [0, 0.1) is 17.2 Å². The van der Waals surface area contributed by atoms with Crippen LogP contribution in [0.25, 0.3) is 0 Å². The number of hydrogen-bond donors (Lipinski definition) is 1. The van der Waals surface area contributed by atoms with Crippen LogP contribution in [0.2, 0.25) is 0 Å². The highest BCUT2D eigenvalue weighted by Gasteiger charge is 2.23. The second kappa shape index (κ2) is 4.96. The van der Waals surface area contributed by atoms with Gasteiger partial charge in [0.25, 0.3) is 5.91 Å². The molecule has 0 bridgehead atoms. The van der Waals surface area contributed by atoms with Gasteiger partial charge in [-0.25, -0.2) is 4.98 Å². The molecule has 1 fully saturated rings. The molecule has 1 aliphatic rings. The lowest BCUT2D eigenvalue weighted by Crippen LogP contribution is -2.33. The van der Waals surface area contributed by atoms with Gasteiger partial charge in [0.05, 0.1) is 5.56 Å². The Morgan fingerprint density at radius 3 is 2.88 bits per heavy atom. The predicted molar refractivity (Wildman–Crippen MR) is 63.2 cm³/mol. The maximum absolute atomic E-state index is 11.9. The molecule has 1 amide bonds. The van der Waals surface area contributed by atoms with E-state index in [9.17, 15) is 4.79 Å². The molecule has 4 nitrogen and oxygen atoms in total. The monoisotopic (exact) mass is 229 g/mol. The van der Waals surface area contributed by atoms with E-state index in [1.807, 2.05) is 6.07 Å². The molecule has 1 N–H and O–H groups in total. The smallest absolute Gasteiger partial charge is 0.270 e. The van der Waals surface area contributed by atoms with Crippen LogP contribution in [-0.4, -0.2) is 16.9 Å². The number of carbonyl (C=O) groups is 1. The highest BCUT2D eigenvalue weighted by atomic mass is 16.1. The largest absolute Gasteiger partial charge is 0.348 e. The standard InChI is InChI=1S/C13H15N3O/c1-9-2-4-11(6-9)16-13(17)12-5-3-10(7-14)8-15-12/h3,5,8-9,11H,2,4,6H2,1H3,(H,16,17).